The van der Waals surface area contributed by atoms with Crippen LogP contribution in [-0.2, 0) is 16.0 Å². The van der Waals surface area contributed by atoms with Gasteiger partial charge in [0.1, 0.15) is 11.3 Å². The van der Waals surface area contributed by atoms with Gasteiger partial charge in [0.2, 0.25) is 11.8 Å². The number of carbonyl (C=O) groups excluding carboxylic acids is 1. The SMILES string of the molecule is CCCC(C)(NC(=O)Cc1nc(-c2cccs2)oc1C)C(=O)O. The summed E-state index contributed by atoms with van der Waals surface area (Å²) in [6.45, 7) is 5.14. The number of carbonyl (C=O) groups is 2. The Labute approximate surface area is 138 Å². The number of nitrogens with zero attached hydrogens (tertiary/aromatic N) is 1. The molecular formula is C16H20N2O4S. The molecule has 23 heavy (non-hydrogen) atoms. The van der Waals surface area contributed by atoms with Crippen molar-refractivity contribution in [2.45, 2.75) is 45.6 Å². The number of thiophene rings is 1. The van der Waals surface area contributed by atoms with Crippen molar-refractivity contribution in [1.82, 2.24) is 10.3 Å². The second-order valence-electron chi connectivity index (χ2n) is 5.61. The van der Waals surface area contributed by atoms with E-state index in [2.05, 4.69) is 10.3 Å². The molecule has 2 aromatic heterocycles. The summed E-state index contributed by atoms with van der Waals surface area (Å²) in [6, 6.07) is 3.79. The van der Waals surface area contributed by atoms with Gasteiger partial charge in [-0.2, -0.15) is 0 Å². The molecule has 7 heteroatoms. The molecule has 0 radical (unpaired) electrons. The molecule has 0 aliphatic carbocycles. The van der Waals surface area contributed by atoms with E-state index in [1.807, 2.05) is 24.4 Å². The van der Waals surface area contributed by atoms with E-state index in [4.69, 9.17) is 4.42 Å². The van der Waals surface area contributed by atoms with Crippen LogP contribution in [0.1, 0.15) is 38.1 Å². The van der Waals surface area contributed by atoms with Crippen molar-refractivity contribution in [2.75, 3.05) is 0 Å². The fourth-order valence-electron chi connectivity index (χ4n) is 2.32. The van der Waals surface area contributed by atoms with E-state index in [-0.39, 0.29) is 12.3 Å². The lowest BCUT2D eigenvalue weighted by molar-refractivity contribution is -0.147. The van der Waals surface area contributed by atoms with Crippen LogP contribution in [0.2, 0.25) is 0 Å². The number of aryl methyl sites for hydroxylation is 1. The van der Waals surface area contributed by atoms with Crippen LogP contribution in [0.25, 0.3) is 10.8 Å². The van der Waals surface area contributed by atoms with Gasteiger partial charge in [-0.15, -0.1) is 11.3 Å². The summed E-state index contributed by atoms with van der Waals surface area (Å²) >= 11 is 1.50. The fraction of sp³-hybridized carbons (Fsp3) is 0.438. The molecule has 0 saturated carbocycles. The lowest BCUT2D eigenvalue weighted by Gasteiger charge is -2.25. The summed E-state index contributed by atoms with van der Waals surface area (Å²) in [7, 11) is 0. The summed E-state index contributed by atoms with van der Waals surface area (Å²) in [5.41, 5.74) is -0.741. The molecule has 0 aromatic carbocycles. The van der Waals surface area contributed by atoms with Gasteiger partial charge in [-0.1, -0.05) is 19.4 Å². The Hall–Kier alpha value is -2.15. The Morgan fingerprint density at radius 2 is 2.22 bits per heavy atom. The molecule has 0 saturated heterocycles. The summed E-state index contributed by atoms with van der Waals surface area (Å²) < 4.78 is 5.59. The number of oxazole rings is 1. The first-order chi connectivity index (χ1) is 10.9. The van der Waals surface area contributed by atoms with Crippen molar-refractivity contribution in [3.63, 3.8) is 0 Å². The number of amides is 1. The molecule has 2 aromatic rings. The molecular weight excluding hydrogens is 316 g/mol. The summed E-state index contributed by atoms with van der Waals surface area (Å²) in [6.07, 6.45) is 1.02. The van der Waals surface area contributed by atoms with Crippen LogP contribution in [0.4, 0.5) is 0 Å². The molecule has 2 rings (SSSR count). The summed E-state index contributed by atoms with van der Waals surface area (Å²) in [4.78, 5) is 28.8. The Balaban J connectivity index is 2.10. The summed E-state index contributed by atoms with van der Waals surface area (Å²) in [5, 5.41) is 13.8. The molecule has 2 N–H and O–H groups in total. The number of aromatic nitrogens is 1. The van der Waals surface area contributed by atoms with Gasteiger partial charge in [-0.25, -0.2) is 9.78 Å². The second-order valence-corrected chi connectivity index (χ2v) is 6.56. The van der Waals surface area contributed by atoms with Crippen molar-refractivity contribution in [3.8, 4) is 10.8 Å². The normalized spacial score (nSPS) is 13.5. The Morgan fingerprint density at radius 3 is 2.78 bits per heavy atom. The maximum absolute atomic E-state index is 12.2. The third-order valence-corrected chi connectivity index (χ3v) is 4.45. The molecule has 1 amide bonds. The fourth-order valence-corrected chi connectivity index (χ4v) is 2.97. The van der Waals surface area contributed by atoms with Crippen molar-refractivity contribution in [3.05, 3.63) is 29.0 Å². The number of rotatable bonds is 7. The summed E-state index contributed by atoms with van der Waals surface area (Å²) in [5.74, 6) is -0.368. The van der Waals surface area contributed by atoms with Crippen LogP contribution in [0, 0.1) is 6.92 Å². The Morgan fingerprint density at radius 1 is 1.48 bits per heavy atom. The minimum atomic E-state index is -1.26. The smallest absolute Gasteiger partial charge is 0.329 e. The van der Waals surface area contributed by atoms with Crippen LogP contribution in [-0.4, -0.2) is 27.5 Å². The molecule has 0 aliphatic heterocycles. The van der Waals surface area contributed by atoms with E-state index in [1.54, 1.807) is 6.92 Å². The number of hydrogen-bond acceptors (Lipinski definition) is 5. The highest BCUT2D eigenvalue weighted by Crippen LogP contribution is 2.26. The van der Waals surface area contributed by atoms with Crippen molar-refractivity contribution in [2.24, 2.45) is 0 Å². The highest BCUT2D eigenvalue weighted by atomic mass is 32.1. The molecule has 124 valence electrons. The average Bonchev–Trinajstić information content (AvgIpc) is 3.09. The topological polar surface area (TPSA) is 92.4 Å². The van der Waals surface area contributed by atoms with Crippen LogP contribution in [0.15, 0.2) is 21.9 Å². The van der Waals surface area contributed by atoms with Gasteiger partial charge < -0.3 is 14.8 Å². The average molecular weight is 336 g/mol. The first kappa shape index (κ1) is 17.2. The molecule has 1 unspecified atom stereocenters. The standard InChI is InChI=1S/C16H20N2O4S/c1-4-7-16(3,15(20)21)18-13(19)9-11-10(2)22-14(17-11)12-6-5-8-23-12/h5-6,8H,4,7,9H2,1-3H3,(H,18,19)(H,20,21). The zero-order valence-electron chi connectivity index (χ0n) is 13.4. The maximum atomic E-state index is 12.2. The van der Waals surface area contributed by atoms with Crippen LogP contribution >= 0.6 is 11.3 Å². The zero-order chi connectivity index (χ0) is 17.0. The van der Waals surface area contributed by atoms with E-state index in [9.17, 15) is 14.7 Å². The zero-order valence-corrected chi connectivity index (χ0v) is 14.2. The predicted molar refractivity (Wildman–Crippen MR) is 87.3 cm³/mol. The minimum absolute atomic E-state index is 0.00665. The molecule has 6 nitrogen and oxygen atoms in total. The maximum Gasteiger partial charge on any atom is 0.329 e. The first-order valence-corrected chi connectivity index (χ1v) is 8.28. The van der Waals surface area contributed by atoms with Gasteiger partial charge in [0, 0.05) is 0 Å². The molecule has 0 bridgehead atoms. The van der Waals surface area contributed by atoms with E-state index < -0.39 is 11.5 Å². The van der Waals surface area contributed by atoms with Gasteiger partial charge >= 0.3 is 5.97 Å². The first-order valence-electron chi connectivity index (χ1n) is 7.40. The van der Waals surface area contributed by atoms with Crippen molar-refractivity contribution < 1.29 is 19.1 Å². The lowest BCUT2D eigenvalue weighted by atomic mass is 9.96. The Bertz CT molecular complexity index is 693. The molecule has 1 atom stereocenters. The Kier molecular flexibility index (Phi) is 5.20. The molecule has 0 fully saturated rings. The van der Waals surface area contributed by atoms with Crippen LogP contribution < -0.4 is 5.32 Å². The van der Waals surface area contributed by atoms with Crippen LogP contribution in [0.5, 0.6) is 0 Å². The van der Waals surface area contributed by atoms with Gasteiger partial charge in [-0.05, 0) is 31.7 Å². The highest BCUT2D eigenvalue weighted by Gasteiger charge is 2.34. The molecule has 0 aliphatic rings. The number of aliphatic carboxylic acids is 1. The van der Waals surface area contributed by atoms with E-state index in [1.165, 1.54) is 18.3 Å². The third kappa shape index (κ3) is 3.98. The van der Waals surface area contributed by atoms with Gasteiger partial charge in [0.25, 0.3) is 0 Å². The second kappa shape index (κ2) is 6.95. The monoisotopic (exact) mass is 336 g/mol. The minimum Gasteiger partial charge on any atom is -0.480 e. The van der Waals surface area contributed by atoms with Gasteiger partial charge in [0.15, 0.2) is 0 Å². The van der Waals surface area contributed by atoms with Gasteiger partial charge in [-0.3, -0.25) is 4.79 Å². The van der Waals surface area contributed by atoms with Crippen LogP contribution in [0.3, 0.4) is 0 Å². The highest BCUT2D eigenvalue weighted by molar-refractivity contribution is 7.13. The third-order valence-electron chi connectivity index (χ3n) is 3.59. The van der Waals surface area contributed by atoms with Crippen molar-refractivity contribution in [1.29, 1.82) is 0 Å². The largest absolute Gasteiger partial charge is 0.480 e. The molecule has 0 spiro atoms. The molecule has 2 heterocycles. The van der Waals surface area contributed by atoms with E-state index >= 15 is 0 Å². The number of hydrogen-bond donors (Lipinski definition) is 2. The number of carboxylic acids is 1. The van der Waals surface area contributed by atoms with E-state index in [0.29, 0.717) is 30.2 Å². The lowest BCUT2D eigenvalue weighted by Crippen LogP contribution is -2.52. The van der Waals surface area contributed by atoms with E-state index in [0.717, 1.165) is 4.88 Å². The number of carboxylic acid groups (broad SMARTS) is 1. The quantitative estimate of drug-likeness (QED) is 0.811. The predicted octanol–water partition coefficient (Wildman–Crippen LogP) is 3.01. The van der Waals surface area contributed by atoms with Gasteiger partial charge in [0.05, 0.1) is 17.0 Å². The van der Waals surface area contributed by atoms with Crippen molar-refractivity contribution >= 4 is 23.2 Å². The number of nitrogens with one attached hydrogen (secondary N) is 1.